The Morgan fingerprint density at radius 1 is 1.40 bits per heavy atom. The highest BCUT2D eigenvalue weighted by Gasteiger charge is 2.14. The summed E-state index contributed by atoms with van der Waals surface area (Å²) in [4.78, 5) is 12.2. The molecule has 0 amide bonds. The first-order chi connectivity index (χ1) is 7.06. The lowest BCUT2D eigenvalue weighted by Crippen LogP contribution is -2.09. The Morgan fingerprint density at radius 3 is 2.73 bits per heavy atom. The smallest absolute Gasteiger partial charge is 0.348 e. The van der Waals surface area contributed by atoms with Crippen molar-refractivity contribution in [1.29, 1.82) is 0 Å². The number of fused-ring (bicyclic) bond motifs is 1. The number of carbonyl (C=O) groups is 1. The minimum atomic E-state index is -0.253. The predicted octanol–water partition coefficient (Wildman–Crippen LogP) is 3.11. The second-order valence-corrected chi connectivity index (χ2v) is 5.85. The van der Waals surface area contributed by atoms with Gasteiger partial charge in [-0.15, -0.1) is 22.7 Å². The Hall–Kier alpha value is -1.07. The van der Waals surface area contributed by atoms with Crippen LogP contribution in [0.5, 0.6) is 0 Å². The molecule has 0 spiro atoms. The number of anilines is 1. The Balaban J connectivity index is 2.29. The van der Waals surface area contributed by atoms with Crippen LogP contribution in [-0.2, 0) is 4.74 Å². The third-order valence-electron chi connectivity index (χ3n) is 1.78. The maximum atomic E-state index is 11.6. The molecule has 0 aliphatic carbocycles. The van der Waals surface area contributed by atoms with E-state index in [0.29, 0.717) is 4.88 Å². The van der Waals surface area contributed by atoms with Crippen LogP contribution < -0.4 is 5.73 Å². The number of hydrogen-bond donors (Lipinski definition) is 1. The van der Waals surface area contributed by atoms with Gasteiger partial charge in [0.2, 0.25) is 0 Å². The summed E-state index contributed by atoms with van der Waals surface area (Å²) in [5.41, 5.74) is 5.65. The molecule has 0 aromatic carbocycles. The van der Waals surface area contributed by atoms with E-state index in [0.717, 1.165) is 14.4 Å². The van der Waals surface area contributed by atoms with E-state index in [-0.39, 0.29) is 12.1 Å². The first kappa shape index (κ1) is 10.4. The fraction of sp³-hybridized carbons (Fsp3) is 0.300. The van der Waals surface area contributed by atoms with Crippen molar-refractivity contribution >= 4 is 43.0 Å². The van der Waals surface area contributed by atoms with Crippen LogP contribution >= 0.6 is 22.7 Å². The van der Waals surface area contributed by atoms with Crippen molar-refractivity contribution in [2.45, 2.75) is 20.0 Å². The first-order valence-electron chi connectivity index (χ1n) is 4.56. The highest BCUT2D eigenvalue weighted by molar-refractivity contribution is 7.40. The van der Waals surface area contributed by atoms with Crippen LogP contribution in [0.1, 0.15) is 23.5 Å². The molecule has 0 radical (unpaired) electrons. The number of hydrogen-bond acceptors (Lipinski definition) is 5. The number of ether oxygens (including phenoxy) is 1. The van der Waals surface area contributed by atoms with Crippen molar-refractivity contribution in [1.82, 2.24) is 0 Å². The third-order valence-corrected chi connectivity index (χ3v) is 3.98. The number of nitrogens with two attached hydrogens (primary N) is 1. The molecule has 0 aliphatic heterocycles. The molecular weight excluding hydrogens is 230 g/mol. The van der Waals surface area contributed by atoms with Gasteiger partial charge in [0.15, 0.2) is 0 Å². The minimum Gasteiger partial charge on any atom is -0.459 e. The molecule has 0 saturated carbocycles. The van der Waals surface area contributed by atoms with E-state index in [4.69, 9.17) is 10.5 Å². The van der Waals surface area contributed by atoms with Gasteiger partial charge in [-0.05, 0) is 26.0 Å². The molecule has 15 heavy (non-hydrogen) atoms. The second kappa shape index (κ2) is 3.83. The molecule has 0 unspecified atom stereocenters. The molecule has 5 heteroatoms. The van der Waals surface area contributed by atoms with Crippen LogP contribution in [0.3, 0.4) is 0 Å². The lowest BCUT2D eigenvalue weighted by molar-refractivity contribution is 0.0384. The zero-order valence-corrected chi connectivity index (χ0v) is 10.1. The zero-order valence-electron chi connectivity index (χ0n) is 8.44. The van der Waals surface area contributed by atoms with E-state index >= 15 is 0 Å². The standard InChI is InChI=1S/C10H11NO2S2/c1-5(2)13-9(12)7-3-6-4-8(11)15-10(6)14-7/h3-5H,11H2,1-2H3. The van der Waals surface area contributed by atoms with Crippen LogP contribution in [0.2, 0.25) is 0 Å². The largest absolute Gasteiger partial charge is 0.459 e. The van der Waals surface area contributed by atoms with E-state index in [1.165, 1.54) is 22.7 Å². The minimum absolute atomic E-state index is 0.0808. The Kier molecular flexibility index (Phi) is 2.67. The molecule has 0 fully saturated rings. The summed E-state index contributed by atoms with van der Waals surface area (Å²) in [6, 6.07) is 3.71. The average Bonchev–Trinajstić information content (AvgIpc) is 2.58. The van der Waals surface area contributed by atoms with Gasteiger partial charge in [-0.3, -0.25) is 0 Å². The van der Waals surface area contributed by atoms with Crippen LogP contribution in [0.15, 0.2) is 12.1 Å². The van der Waals surface area contributed by atoms with Crippen molar-refractivity contribution in [3.8, 4) is 0 Å². The van der Waals surface area contributed by atoms with E-state index < -0.39 is 0 Å². The van der Waals surface area contributed by atoms with Crippen LogP contribution in [-0.4, -0.2) is 12.1 Å². The highest BCUT2D eigenvalue weighted by Crippen LogP contribution is 2.35. The topological polar surface area (TPSA) is 52.3 Å². The Morgan fingerprint density at radius 2 is 2.13 bits per heavy atom. The summed E-state index contributed by atoms with van der Waals surface area (Å²) >= 11 is 2.93. The average molecular weight is 241 g/mol. The number of esters is 1. The summed E-state index contributed by atoms with van der Waals surface area (Å²) in [5.74, 6) is -0.253. The zero-order chi connectivity index (χ0) is 11.0. The number of rotatable bonds is 2. The molecule has 2 aromatic heterocycles. The molecule has 0 aliphatic rings. The summed E-state index contributed by atoms with van der Waals surface area (Å²) in [6.07, 6.45) is -0.0808. The number of thiophene rings is 2. The molecule has 2 N–H and O–H groups in total. The predicted molar refractivity (Wildman–Crippen MR) is 64.7 cm³/mol. The van der Waals surface area contributed by atoms with E-state index in [1.54, 1.807) is 0 Å². The van der Waals surface area contributed by atoms with Gasteiger partial charge >= 0.3 is 5.97 Å². The van der Waals surface area contributed by atoms with Crippen LogP contribution in [0.25, 0.3) is 9.40 Å². The SMILES string of the molecule is CC(C)OC(=O)c1cc2cc(N)sc2s1. The van der Waals surface area contributed by atoms with Crippen LogP contribution in [0.4, 0.5) is 5.00 Å². The van der Waals surface area contributed by atoms with Gasteiger partial charge < -0.3 is 10.5 Å². The van der Waals surface area contributed by atoms with Gasteiger partial charge in [0.25, 0.3) is 0 Å². The first-order valence-corrected chi connectivity index (χ1v) is 6.19. The van der Waals surface area contributed by atoms with Gasteiger partial charge in [0.05, 0.1) is 15.1 Å². The molecule has 3 nitrogen and oxygen atoms in total. The molecular formula is C10H11NO2S2. The van der Waals surface area contributed by atoms with E-state index in [2.05, 4.69) is 0 Å². The number of carbonyl (C=O) groups excluding carboxylic acids is 1. The molecule has 80 valence electrons. The highest BCUT2D eigenvalue weighted by atomic mass is 32.2. The van der Waals surface area contributed by atoms with Crippen LogP contribution in [0, 0.1) is 0 Å². The van der Waals surface area contributed by atoms with Gasteiger partial charge in [-0.25, -0.2) is 4.79 Å². The van der Waals surface area contributed by atoms with Crippen molar-refractivity contribution in [2.75, 3.05) is 5.73 Å². The summed E-state index contributed by atoms with van der Waals surface area (Å²) in [7, 11) is 0. The maximum absolute atomic E-state index is 11.6. The summed E-state index contributed by atoms with van der Waals surface area (Å²) < 4.78 is 6.18. The van der Waals surface area contributed by atoms with Gasteiger partial charge in [-0.1, -0.05) is 0 Å². The molecule has 0 saturated heterocycles. The fourth-order valence-corrected chi connectivity index (χ4v) is 3.34. The molecule has 0 bridgehead atoms. The number of nitrogen functional groups attached to an aromatic ring is 1. The summed E-state index contributed by atoms with van der Waals surface area (Å²) in [5, 5.41) is 1.80. The van der Waals surface area contributed by atoms with Crippen molar-refractivity contribution in [3.63, 3.8) is 0 Å². The normalized spacial score (nSPS) is 11.1. The lowest BCUT2D eigenvalue weighted by Gasteiger charge is -2.05. The van der Waals surface area contributed by atoms with Crippen molar-refractivity contribution in [3.05, 3.63) is 17.0 Å². The molecule has 2 heterocycles. The van der Waals surface area contributed by atoms with E-state index in [9.17, 15) is 4.79 Å². The monoisotopic (exact) mass is 241 g/mol. The Labute approximate surface area is 95.5 Å². The van der Waals surface area contributed by atoms with E-state index in [1.807, 2.05) is 26.0 Å². The molecule has 2 aromatic rings. The third kappa shape index (κ3) is 2.13. The molecule has 2 rings (SSSR count). The second-order valence-electron chi connectivity index (χ2n) is 3.46. The van der Waals surface area contributed by atoms with Crippen molar-refractivity contribution < 1.29 is 9.53 Å². The maximum Gasteiger partial charge on any atom is 0.348 e. The van der Waals surface area contributed by atoms with Gasteiger partial charge in [0.1, 0.15) is 4.88 Å². The lowest BCUT2D eigenvalue weighted by atomic mass is 10.3. The summed E-state index contributed by atoms with van der Waals surface area (Å²) in [6.45, 7) is 3.68. The van der Waals surface area contributed by atoms with Crippen molar-refractivity contribution in [2.24, 2.45) is 0 Å². The quantitative estimate of drug-likeness (QED) is 0.822. The fourth-order valence-electron chi connectivity index (χ4n) is 1.23. The molecule has 0 atom stereocenters. The van der Waals surface area contributed by atoms with Gasteiger partial charge in [-0.2, -0.15) is 0 Å². The van der Waals surface area contributed by atoms with Gasteiger partial charge in [0, 0.05) is 5.39 Å². The Bertz CT molecular complexity index is 467.